The first-order chi connectivity index (χ1) is 5.09. The van der Waals surface area contributed by atoms with Crippen molar-refractivity contribution in [2.75, 3.05) is 13.6 Å². The first-order valence-corrected chi connectivity index (χ1v) is 4.24. The van der Waals surface area contributed by atoms with E-state index in [4.69, 9.17) is 0 Å². The Kier molecular flexibility index (Phi) is 2.87. The highest BCUT2D eigenvalue weighted by Gasteiger charge is 2.26. The second kappa shape index (κ2) is 3.52. The molecule has 0 saturated carbocycles. The monoisotopic (exact) mass is 158 g/mol. The van der Waals surface area contributed by atoms with E-state index in [9.17, 15) is 5.11 Å². The first-order valence-electron chi connectivity index (χ1n) is 4.24. The van der Waals surface area contributed by atoms with E-state index in [1.54, 1.807) is 0 Å². The standard InChI is InChI=1S/C8H18N2O/c1-6(2)4-7-5-10(3)8(11)9-7/h6-9,11H,4-5H2,1-3H3. The molecule has 0 aromatic heterocycles. The van der Waals surface area contributed by atoms with Gasteiger partial charge in [-0.2, -0.15) is 0 Å². The molecule has 2 N–H and O–H groups in total. The highest BCUT2D eigenvalue weighted by molar-refractivity contribution is 4.79. The van der Waals surface area contributed by atoms with Crippen molar-refractivity contribution in [3.8, 4) is 0 Å². The van der Waals surface area contributed by atoms with E-state index in [2.05, 4.69) is 19.2 Å². The maximum atomic E-state index is 9.30. The lowest BCUT2D eigenvalue weighted by molar-refractivity contribution is 0.0389. The van der Waals surface area contributed by atoms with E-state index in [0.717, 1.165) is 13.0 Å². The van der Waals surface area contributed by atoms with Crippen molar-refractivity contribution in [3.63, 3.8) is 0 Å². The summed E-state index contributed by atoms with van der Waals surface area (Å²) in [4.78, 5) is 1.92. The molecule has 66 valence electrons. The lowest BCUT2D eigenvalue weighted by Gasteiger charge is -2.11. The molecule has 0 aromatic rings. The third-order valence-corrected chi connectivity index (χ3v) is 2.07. The number of hydrogen-bond donors (Lipinski definition) is 2. The van der Waals surface area contributed by atoms with Gasteiger partial charge in [-0.15, -0.1) is 0 Å². The summed E-state index contributed by atoms with van der Waals surface area (Å²) in [6.45, 7) is 5.36. The van der Waals surface area contributed by atoms with Gasteiger partial charge in [-0.25, -0.2) is 0 Å². The Morgan fingerprint density at radius 3 is 2.64 bits per heavy atom. The third-order valence-electron chi connectivity index (χ3n) is 2.07. The van der Waals surface area contributed by atoms with Crippen molar-refractivity contribution >= 4 is 0 Å². The molecule has 0 bridgehead atoms. The molecule has 1 heterocycles. The summed E-state index contributed by atoms with van der Waals surface area (Å²) >= 11 is 0. The molecule has 0 amide bonds. The van der Waals surface area contributed by atoms with Gasteiger partial charge in [0.05, 0.1) is 0 Å². The number of nitrogens with zero attached hydrogens (tertiary/aromatic N) is 1. The maximum absolute atomic E-state index is 9.30. The normalized spacial score (nSPS) is 33.5. The van der Waals surface area contributed by atoms with Crippen LogP contribution in [0.25, 0.3) is 0 Å². The molecule has 2 atom stereocenters. The van der Waals surface area contributed by atoms with Crippen molar-refractivity contribution in [3.05, 3.63) is 0 Å². The van der Waals surface area contributed by atoms with E-state index >= 15 is 0 Å². The summed E-state index contributed by atoms with van der Waals surface area (Å²) in [5, 5.41) is 12.4. The van der Waals surface area contributed by atoms with Gasteiger partial charge in [0.25, 0.3) is 0 Å². The quantitative estimate of drug-likeness (QED) is 0.603. The summed E-state index contributed by atoms with van der Waals surface area (Å²) in [6, 6.07) is 0.468. The van der Waals surface area contributed by atoms with Crippen LogP contribution in [0.3, 0.4) is 0 Å². The van der Waals surface area contributed by atoms with E-state index in [-0.39, 0.29) is 0 Å². The van der Waals surface area contributed by atoms with Crippen LogP contribution < -0.4 is 5.32 Å². The average molecular weight is 158 g/mol. The van der Waals surface area contributed by atoms with Gasteiger partial charge < -0.3 is 5.11 Å². The highest BCUT2D eigenvalue weighted by atomic mass is 16.3. The zero-order valence-corrected chi connectivity index (χ0v) is 7.54. The van der Waals surface area contributed by atoms with E-state index < -0.39 is 6.35 Å². The molecule has 3 heteroatoms. The Balaban J connectivity index is 2.29. The Bertz CT molecular complexity index is 115. The van der Waals surface area contributed by atoms with Crippen molar-refractivity contribution in [2.45, 2.75) is 32.7 Å². The molecule has 0 radical (unpaired) electrons. The van der Waals surface area contributed by atoms with Crippen LogP contribution in [-0.2, 0) is 0 Å². The van der Waals surface area contributed by atoms with Crippen molar-refractivity contribution < 1.29 is 5.11 Å². The largest absolute Gasteiger partial charge is 0.365 e. The zero-order chi connectivity index (χ0) is 8.43. The molecule has 1 saturated heterocycles. The van der Waals surface area contributed by atoms with Crippen molar-refractivity contribution in [2.24, 2.45) is 5.92 Å². The molecule has 0 spiro atoms. The van der Waals surface area contributed by atoms with Gasteiger partial charge in [0, 0.05) is 12.6 Å². The van der Waals surface area contributed by atoms with Crippen LogP contribution in [0.2, 0.25) is 0 Å². The predicted octanol–water partition coefficient (Wildman–Crippen LogP) is 0.212. The summed E-state index contributed by atoms with van der Waals surface area (Å²) < 4.78 is 0. The highest BCUT2D eigenvalue weighted by Crippen LogP contribution is 2.11. The van der Waals surface area contributed by atoms with E-state index in [1.165, 1.54) is 0 Å². The van der Waals surface area contributed by atoms with E-state index in [0.29, 0.717) is 12.0 Å². The van der Waals surface area contributed by atoms with Gasteiger partial charge in [-0.1, -0.05) is 13.8 Å². The van der Waals surface area contributed by atoms with Crippen LogP contribution in [0, 0.1) is 5.92 Å². The van der Waals surface area contributed by atoms with Gasteiger partial charge in [0.2, 0.25) is 0 Å². The second-order valence-corrected chi connectivity index (χ2v) is 3.81. The molecular formula is C8H18N2O. The molecule has 0 aromatic carbocycles. The fourth-order valence-corrected chi connectivity index (χ4v) is 1.55. The van der Waals surface area contributed by atoms with E-state index in [1.807, 2.05) is 11.9 Å². The minimum absolute atomic E-state index is 0.432. The summed E-state index contributed by atoms with van der Waals surface area (Å²) in [5.41, 5.74) is 0. The molecule has 1 aliphatic rings. The lowest BCUT2D eigenvalue weighted by Crippen LogP contribution is -2.34. The molecule has 11 heavy (non-hydrogen) atoms. The Morgan fingerprint density at radius 2 is 2.27 bits per heavy atom. The summed E-state index contributed by atoms with van der Waals surface area (Å²) in [7, 11) is 1.93. The SMILES string of the molecule is CC(C)CC1CN(C)C(O)N1. The van der Waals surface area contributed by atoms with Crippen LogP contribution in [0.15, 0.2) is 0 Å². The van der Waals surface area contributed by atoms with Gasteiger partial charge >= 0.3 is 0 Å². The van der Waals surface area contributed by atoms with Gasteiger partial charge in [0.15, 0.2) is 6.35 Å². The van der Waals surface area contributed by atoms with Crippen LogP contribution in [0.5, 0.6) is 0 Å². The van der Waals surface area contributed by atoms with Crippen molar-refractivity contribution in [1.29, 1.82) is 0 Å². The number of aliphatic hydroxyl groups excluding tert-OH is 1. The third kappa shape index (κ3) is 2.43. The maximum Gasteiger partial charge on any atom is 0.163 e. The predicted molar refractivity (Wildman–Crippen MR) is 45.0 cm³/mol. The van der Waals surface area contributed by atoms with Crippen LogP contribution >= 0.6 is 0 Å². The minimum Gasteiger partial charge on any atom is -0.365 e. The Labute approximate surface area is 68.4 Å². The van der Waals surface area contributed by atoms with Gasteiger partial charge in [-0.3, -0.25) is 10.2 Å². The topological polar surface area (TPSA) is 35.5 Å². The number of likely N-dealkylation sites (N-methyl/N-ethyl adjacent to an activating group) is 1. The molecule has 1 fully saturated rings. The number of hydrogen-bond acceptors (Lipinski definition) is 3. The smallest absolute Gasteiger partial charge is 0.163 e. The average Bonchev–Trinajstić information content (AvgIpc) is 2.10. The summed E-state index contributed by atoms with van der Waals surface area (Å²) in [6.07, 6.45) is 0.709. The Morgan fingerprint density at radius 1 is 1.64 bits per heavy atom. The second-order valence-electron chi connectivity index (χ2n) is 3.81. The number of nitrogens with one attached hydrogen (secondary N) is 1. The van der Waals surface area contributed by atoms with Crippen LogP contribution in [0.1, 0.15) is 20.3 Å². The molecule has 2 unspecified atom stereocenters. The first kappa shape index (κ1) is 8.97. The van der Waals surface area contributed by atoms with Gasteiger partial charge in [0.1, 0.15) is 0 Å². The summed E-state index contributed by atoms with van der Waals surface area (Å²) in [5.74, 6) is 0.700. The zero-order valence-electron chi connectivity index (χ0n) is 7.54. The molecule has 1 aliphatic heterocycles. The van der Waals surface area contributed by atoms with Crippen LogP contribution in [0.4, 0.5) is 0 Å². The molecule has 0 aliphatic carbocycles. The molecule has 1 rings (SSSR count). The molecule has 3 nitrogen and oxygen atoms in total. The molecular weight excluding hydrogens is 140 g/mol. The minimum atomic E-state index is -0.432. The fourth-order valence-electron chi connectivity index (χ4n) is 1.55. The number of aliphatic hydroxyl groups is 1. The fraction of sp³-hybridized carbons (Fsp3) is 1.00. The lowest BCUT2D eigenvalue weighted by atomic mass is 10.0. The van der Waals surface area contributed by atoms with Crippen LogP contribution in [-0.4, -0.2) is 36.0 Å². The number of rotatable bonds is 2. The van der Waals surface area contributed by atoms with Crippen molar-refractivity contribution in [1.82, 2.24) is 10.2 Å². The van der Waals surface area contributed by atoms with Gasteiger partial charge in [-0.05, 0) is 19.4 Å². The Hall–Kier alpha value is -0.120.